The lowest BCUT2D eigenvalue weighted by atomic mass is 9.83. The Morgan fingerprint density at radius 3 is 1.87 bits per heavy atom. The molecule has 0 saturated heterocycles. The Hall–Kier alpha value is -2.28. The third kappa shape index (κ3) is 6.72. The van der Waals surface area contributed by atoms with Crippen molar-refractivity contribution in [2.75, 3.05) is 46.6 Å². The van der Waals surface area contributed by atoms with Crippen LogP contribution >= 0.6 is 23.2 Å². The molecule has 2 aromatic carbocycles. The van der Waals surface area contributed by atoms with Gasteiger partial charge in [-0.05, 0) is 60.5 Å². The minimum atomic E-state index is -1.68. The summed E-state index contributed by atoms with van der Waals surface area (Å²) in [5.74, 6) is -1.69. The molecule has 1 aliphatic heterocycles. The lowest BCUT2D eigenvalue weighted by Gasteiger charge is -2.34. The van der Waals surface area contributed by atoms with E-state index < -0.39 is 55.9 Å². The van der Waals surface area contributed by atoms with E-state index in [1.54, 1.807) is 31.2 Å². The number of aliphatic hydroxyl groups is 5. The molecule has 2 aromatic rings. The maximum Gasteiger partial charge on any atom is 0.251 e. The van der Waals surface area contributed by atoms with E-state index in [1.807, 2.05) is 11.9 Å². The number of hydrogen-bond acceptors (Lipinski definition) is 8. The number of halogens is 2. The number of likely N-dealkylation sites (N-methyl/N-ethyl adjacent to an activating group) is 1. The molecule has 3 rings (SSSR count). The summed E-state index contributed by atoms with van der Waals surface area (Å²) < 4.78 is 0. The molecule has 0 saturated carbocycles. The van der Waals surface area contributed by atoms with Crippen molar-refractivity contribution in [3.63, 3.8) is 0 Å². The van der Waals surface area contributed by atoms with Gasteiger partial charge in [0, 0.05) is 40.2 Å². The van der Waals surface area contributed by atoms with Gasteiger partial charge >= 0.3 is 0 Å². The number of hydrogen-bond donors (Lipinski definition) is 7. The molecule has 1 unspecified atom stereocenters. The molecule has 1 atom stereocenters. The number of amides is 2. The highest BCUT2D eigenvalue weighted by molar-refractivity contribution is 6.35. The van der Waals surface area contributed by atoms with E-state index in [2.05, 4.69) is 10.6 Å². The fourth-order valence-corrected chi connectivity index (χ4v) is 5.15. The van der Waals surface area contributed by atoms with Crippen LogP contribution in [0.3, 0.4) is 0 Å². The summed E-state index contributed by atoms with van der Waals surface area (Å²) >= 11 is 12.8. The van der Waals surface area contributed by atoms with Crippen molar-refractivity contribution in [3.8, 4) is 0 Å². The normalized spacial score (nSPS) is 16.1. The van der Waals surface area contributed by atoms with Gasteiger partial charge in [0.05, 0.1) is 38.6 Å². The Morgan fingerprint density at radius 1 is 0.872 bits per heavy atom. The van der Waals surface area contributed by atoms with Crippen LogP contribution < -0.4 is 10.6 Å². The van der Waals surface area contributed by atoms with Crippen LogP contribution in [0.15, 0.2) is 30.3 Å². The van der Waals surface area contributed by atoms with E-state index >= 15 is 0 Å². The summed E-state index contributed by atoms with van der Waals surface area (Å²) in [6.45, 7) is -0.343. The molecule has 0 aromatic heterocycles. The van der Waals surface area contributed by atoms with Crippen molar-refractivity contribution in [1.29, 1.82) is 0 Å². The molecule has 0 bridgehead atoms. The highest BCUT2D eigenvalue weighted by Gasteiger charge is 2.34. The molecule has 0 radical (unpaired) electrons. The van der Waals surface area contributed by atoms with Gasteiger partial charge in [-0.3, -0.25) is 9.59 Å². The van der Waals surface area contributed by atoms with Crippen molar-refractivity contribution in [1.82, 2.24) is 15.5 Å². The number of benzene rings is 2. The summed E-state index contributed by atoms with van der Waals surface area (Å²) in [4.78, 5) is 28.7. The largest absolute Gasteiger partial charge is 0.394 e. The molecule has 10 nitrogen and oxygen atoms in total. The zero-order chi connectivity index (χ0) is 29.0. The average Bonchev–Trinajstić information content (AvgIpc) is 2.94. The second kappa shape index (κ2) is 12.9. The SMILES string of the molecule is CCC(CO)(CO)NC(=O)c1cc(C(=O)NC(CO)(CO)CO)cc(C2CN(C)Cc3c(Cl)cc(Cl)cc32)c1. The molecular weight excluding hydrogens is 549 g/mol. The number of rotatable bonds is 11. The first-order valence-corrected chi connectivity index (χ1v) is 13.3. The molecule has 7 N–H and O–H groups in total. The predicted molar refractivity (Wildman–Crippen MR) is 147 cm³/mol. The van der Waals surface area contributed by atoms with Crippen LogP contribution in [0, 0.1) is 0 Å². The van der Waals surface area contributed by atoms with Crippen molar-refractivity contribution in [2.45, 2.75) is 36.9 Å². The van der Waals surface area contributed by atoms with Gasteiger partial charge in [0.1, 0.15) is 5.54 Å². The molecule has 214 valence electrons. The Bertz CT molecular complexity index is 1130. The van der Waals surface area contributed by atoms with Gasteiger partial charge in [-0.1, -0.05) is 30.1 Å². The van der Waals surface area contributed by atoms with Gasteiger partial charge in [0.25, 0.3) is 11.8 Å². The minimum Gasteiger partial charge on any atom is -0.394 e. The monoisotopic (exact) mass is 583 g/mol. The molecule has 0 spiro atoms. The Morgan fingerprint density at radius 2 is 1.38 bits per heavy atom. The second-order valence-electron chi connectivity index (χ2n) is 10.2. The van der Waals surface area contributed by atoms with Crippen LogP contribution in [0.2, 0.25) is 10.0 Å². The first-order chi connectivity index (χ1) is 18.5. The zero-order valence-electron chi connectivity index (χ0n) is 21.9. The highest BCUT2D eigenvalue weighted by atomic mass is 35.5. The van der Waals surface area contributed by atoms with Gasteiger partial charge in [-0.2, -0.15) is 0 Å². The lowest BCUT2D eigenvalue weighted by molar-refractivity contribution is 0.0375. The number of carbonyl (C=O) groups is 2. The Balaban J connectivity index is 2.16. The van der Waals surface area contributed by atoms with Gasteiger partial charge in [0.15, 0.2) is 0 Å². The molecule has 2 amide bonds. The fraction of sp³-hybridized carbons (Fsp3) is 0.481. The summed E-state index contributed by atoms with van der Waals surface area (Å²) in [5.41, 5.74) is -0.521. The van der Waals surface area contributed by atoms with Crippen molar-refractivity contribution >= 4 is 35.0 Å². The van der Waals surface area contributed by atoms with Crippen molar-refractivity contribution < 1.29 is 35.1 Å². The topological polar surface area (TPSA) is 163 Å². The molecular formula is C27H35Cl2N3O7. The molecule has 12 heteroatoms. The van der Waals surface area contributed by atoms with Gasteiger partial charge in [-0.25, -0.2) is 0 Å². The smallest absolute Gasteiger partial charge is 0.251 e. The highest BCUT2D eigenvalue weighted by Crippen LogP contribution is 2.39. The predicted octanol–water partition coefficient (Wildman–Crippen LogP) is 0.879. The van der Waals surface area contributed by atoms with Gasteiger partial charge in [-0.15, -0.1) is 0 Å². The van der Waals surface area contributed by atoms with Crippen LogP contribution in [0.1, 0.15) is 56.7 Å². The second-order valence-corrected chi connectivity index (χ2v) is 11.0. The van der Waals surface area contributed by atoms with E-state index in [4.69, 9.17) is 23.2 Å². The van der Waals surface area contributed by atoms with E-state index in [-0.39, 0.29) is 23.5 Å². The molecule has 0 aliphatic carbocycles. The average molecular weight is 584 g/mol. The third-order valence-electron chi connectivity index (χ3n) is 7.32. The van der Waals surface area contributed by atoms with E-state index in [0.717, 1.165) is 11.1 Å². The summed E-state index contributed by atoms with van der Waals surface area (Å²) in [5, 5.41) is 54.8. The zero-order valence-corrected chi connectivity index (χ0v) is 23.4. The number of carbonyl (C=O) groups excluding carboxylic acids is 2. The number of nitrogens with zero attached hydrogens (tertiary/aromatic N) is 1. The maximum absolute atomic E-state index is 13.4. The molecule has 39 heavy (non-hydrogen) atoms. The maximum atomic E-state index is 13.4. The van der Waals surface area contributed by atoms with E-state index in [0.29, 0.717) is 28.7 Å². The number of aliphatic hydroxyl groups excluding tert-OH is 5. The van der Waals surface area contributed by atoms with Crippen LogP contribution in [0.4, 0.5) is 0 Å². The van der Waals surface area contributed by atoms with Crippen LogP contribution in [-0.2, 0) is 6.54 Å². The number of fused-ring (bicyclic) bond motifs is 1. The van der Waals surface area contributed by atoms with Crippen molar-refractivity contribution in [2.24, 2.45) is 0 Å². The summed E-state index contributed by atoms with van der Waals surface area (Å²) in [6.07, 6.45) is 0.253. The first-order valence-electron chi connectivity index (χ1n) is 12.5. The quantitative estimate of drug-likeness (QED) is 0.205. The van der Waals surface area contributed by atoms with Gasteiger partial charge in [0.2, 0.25) is 0 Å². The van der Waals surface area contributed by atoms with E-state index in [1.165, 1.54) is 6.07 Å². The van der Waals surface area contributed by atoms with Gasteiger partial charge < -0.3 is 41.1 Å². The van der Waals surface area contributed by atoms with Crippen molar-refractivity contribution in [3.05, 3.63) is 68.2 Å². The summed E-state index contributed by atoms with van der Waals surface area (Å²) in [6, 6.07) is 8.02. The fourth-order valence-electron chi connectivity index (χ4n) is 4.58. The minimum absolute atomic E-state index is 0.0374. The Labute approximate surface area is 237 Å². The Kier molecular flexibility index (Phi) is 10.4. The van der Waals surface area contributed by atoms with Crippen LogP contribution in [0.5, 0.6) is 0 Å². The third-order valence-corrected chi connectivity index (χ3v) is 7.88. The lowest BCUT2D eigenvalue weighted by Crippen LogP contribution is -2.57. The summed E-state index contributed by atoms with van der Waals surface area (Å²) in [7, 11) is 1.92. The molecule has 1 aliphatic rings. The number of nitrogens with one attached hydrogen (secondary N) is 2. The van der Waals surface area contributed by atoms with Crippen LogP contribution in [-0.4, -0.2) is 100.0 Å². The standard InChI is InChI=1S/C27H35Cl2N3O7/c1-3-26(11-33,12-34)30-24(38)17-4-16(5-18(6-17)25(39)31-27(13-35,14-36)15-37)21-9-32(2)10-22-20(21)7-19(28)8-23(22)29/h4-8,21,33-37H,3,9-15H2,1-2H3,(H,30,38)(H,31,39). The first kappa shape index (κ1) is 31.3. The molecule has 0 fully saturated rings. The van der Waals surface area contributed by atoms with E-state index in [9.17, 15) is 35.1 Å². The molecule has 1 heterocycles. The van der Waals surface area contributed by atoms with Crippen LogP contribution in [0.25, 0.3) is 0 Å².